The van der Waals surface area contributed by atoms with Crippen LogP contribution in [0.5, 0.6) is 0 Å². The fourth-order valence-corrected chi connectivity index (χ4v) is 1.40. The minimum Gasteiger partial charge on any atom is -0.348 e. The molecule has 0 fully saturated rings. The second kappa shape index (κ2) is 6.82. The molecule has 0 aliphatic heterocycles. The Bertz CT molecular complexity index is 333. The fourth-order valence-electron chi connectivity index (χ4n) is 0.996. The van der Waals surface area contributed by atoms with Gasteiger partial charge in [0.1, 0.15) is 0 Å². The van der Waals surface area contributed by atoms with Gasteiger partial charge >= 0.3 is 0 Å². The Labute approximate surface area is 104 Å². The van der Waals surface area contributed by atoms with E-state index in [0.29, 0.717) is 12.1 Å². The molecule has 1 aromatic carbocycles. The van der Waals surface area contributed by atoms with E-state index in [2.05, 4.69) is 21.2 Å². The number of carbonyl (C=O) groups is 1. The molecule has 0 heterocycles. The molecule has 1 amide bonds. The van der Waals surface area contributed by atoms with Gasteiger partial charge in [0.2, 0.25) is 0 Å². The molecule has 5 heteroatoms. The lowest BCUT2D eigenvalue weighted by molar-refractivity contribution is 0.0941. The normalized spacial score (nSPS) is 11.4. The van der Waals surface area contributed by atoms with Crippen molar-refractivity contribution in [2.45, 2.75) is 13.0 Å². The number of hydrogen-bond donors (Lipinski definition) is 2. The van der Waals surface area contributed by atoms with Crippen molar-refractivity contribution in [1.29, 1.82) is 0 Å². The minimum atomic E-state index is -0.0933. The van der Waals surface area contributed by atoms with Crippen LogP contribution in [-0.2, 0) is 0 Å². The topological polar surface area (TPSA) is 55.1 Å². The number of nitrogens with one attached hydrogen (secondary N) is 1. The second-order valence-corrected chi connectivity index (χ2v) is 4.04. The van der Waals surface area contributed by atoms with E-state index < -0.39 is 0 Å². The molecule has 1 atom stereocenters. The van der Waals surface area contributed by atoms with Gasteiger partial charge in [-0.3, -0.25) is 4.79 Å². The lowest BCUT2D eigenvalue weighted by atomic mass is 10.2. The molecule has 0 saturated carbocycles. The van der Waals surface area contributed by atoms with Crippen molar-refractivity contribution < 1.29 is 4.79 Å². The predicted molar refractivity (Wildman–Crippen MR) is 67.4 cm³/mol. The third-order valence-corrected chi connectivity index (χ3v) is 2.31. The van der Waals surface area contributed by atoms with Crippen molar-refractivity contribution in [1.82, 2.24) is 5.32 Å². The van der Waals surface area contributed by atoms with E-state index in [4.69, 9.17) is 5.73 Å². The van der Waals surface area contributed by atoms with Gasteiger partial charge in [0.15, 0.2) is 0 Å². The third-order valence-electron chi connectivity index (χ3n) is 1.82. The van der Waals surface area contributed by atoms with Gasteiger partial charge in [0.25, 0.3) is 5.91 Å². The van der Waals surface area contributed by atoms with Gasteiger partial charge in [-0.2, -0.15) is 0 Å². The Balaban J connectivity index is 0.00000196. The first-order chi connectivity index (χ1) is 6.63. The number of hydrogen-bond acceptors (Lipinski definition) is 2. The summed E-state index contributed by atoms with van der Waals surface area (Å²) < 4.78 is 0.894. The van der Waals surface area contributed by atoms with E-state index in [-0.39, 0.29) is 24.4 Å². The molecule has 84 valence electrons. The van der Waals surface area contributed by atoms with Gasteiger partial charge in [0, 0.05) is 22.6 Å². The largest absolute Gasteiger partial charge is 0.348 e. The molecule has 0 aromatic heterocycles. The summed E-state index contributed by atoms with van der Waals surface area (Å²) in [5.74, 6) is -0.0933. The van der Waals surface area contributed by atoms with E-state index >= 15 is 0 Å². The number of halogens is 2. The van der Waals surface area contributed by atoms with Crippen LogP contribution in [0, 0.1) is 0 Å². The van der Waals surface area contributed by atoms with Crippen LogP contribution in [0.25, 0.3) is 0 Å². The molecule has 0 aliphatic rings. The maximum atomic E-state index is 11.6. The highest BCUT2D eigenvalue weighted by atomic mass is 79.9. The minimum absolute atomic E-state index is 0. The van der Waals surface area contributed by atoms with E-state index in [1.807, 2.05) is 19.1 Å². The van der Waals surface area contributed by atoms with Crippen LogP contribution < -0.4 is 11.1 Å². The van der Waals surface area contributed by atoms with Crippen molar-refractivity contribution in [3.8, 4) is 0 Å². The molecule has 3 nitrogen and oxygen atoms in total. The first-order valence-electron chi connectivity index (χ1n) is 4.40. The SMILES string of the molecule is C[C@H](CN)NC(=O)c1cccc(Br)c1.Cl. The predicted octanol–water partition coefficient (Wildman–Crippen LogP) is 1.95. The zero-order valence-electron chi connectivity index (χ0n) is 8.37. The Hall–Kier alpha value is -0.580. The van der Waals surface area contributed by atoms with Crippen molar-refractivity contribution in [2.75, 3.05) is 6.54 Å². The van der Waals surface area contributed by atoms with Gasteiger partial charge in [-0.25, -0.2) is 0 Å². The van der Waals surface area contributed by atoms with Gasteiger partial charge in [-0.05, 0) is 25.1 Å². The summed E-state index contributed by atoms with van der Waals surface area (Å²) >= 11 is 3.31. The van der Waals surface area contributed by atoms with Crippen LogP contribution in [-0.4, -0.2) is 18.5 Å². The Morgan fingerprint density at radius 1 is 1.60 bits per heavy atom. The van der Waals surface area contributed by atoms with Crippen molar-refractivity contribution in [2.24, 2.45) is 5.73 Å². The zero-order chi connectivity index (χ0) is 10.6. The summed E-state index contributed by atoms with van der Waals surface area (Å²) in [5.41, 5.74) is 6.04. The van der Waals surface area contributed by atoms with E-state index in [1.54, 1.807) is 12.1 Å². The van der Waals surface area contributed by atoms with Gasteiger partial charge in [-0.1, -0.05) is 22.0 Å². The average molecular weight is 294 g/mol. The molecule has 0 spiro atoms. The molecule has 0 unspecified atom stereocenters. The quantitative estimate of drug-likeness (QED) is 0.895. The molecule has 1 aromatic rings. The summed E-state index contributed by atoms with van der Waals surface area (Å²) in [5, 5.41) is 2.79. The van der Waals surface area contributed by atoms with E-state index in [1.165, 1.54) is 0 Å². The van der Waals surface area contributed by atoms with Crippen LogP contribution in [0.2, 0.25) is 0 Å². The van der Waals surface area contributed by atoms with Crippen molar-refractivity contribution >= 4 is 34.2 Å². The summed E-state index contributed by atoms with van der Waals surface area (Å²) in [6.45, 7) is 2.32. The molecular weight excluding hydrogens is 279 g/mol. The van der Waals surface area contributed by atoms with Crippen LogP contribution in [0.3, 0.4) is 0 Å². The molecule has 15 heavy (non-hydrogen) atoms. The summed E-state index contributed by atoms with van der Waals surface area (Å²) in [6, 6.07) is 7.25. The summed E-state index contributed by atoms with van der Waals surface area (Å²) in [4.78, 5) is 11.6. The monoisotopic (exact) mass is 292 g/mol. The molecule has 1 rings (SSSR count). The number of benzene rings is 1. The summed E-state index contributed by atoms with van der Waals surface area (Å²) in [6.07, 6.45) is 0. The van der Waals surface area contributed by atoms with Crippen molar-refractivity contribution in [3.63, 3.8) is 0 Å². The van der Waals surface area contributed by atoms with Gasteiger partial charge < -0.3 is 11.1 Å². The highest BCUT2D eigenvalue weighted by Crippen LogP contribution is 2.11. The summed E-state index contributed by atoms with van der Waals surface area (Å²) in [7, 11) is 0. The molecule has 3 N–H and O–H groups in total. The van der Waals surface area contributed by atoms with Crippen LogP contribution >= 0.6 is 28.3 Å². The van der Waals surface area contributed by atoms with E-state index in [9.17, 15) is 4.79 Å². The smallest absolute Gasteiger partial charge is 0.251 e. The number of rotatable bonds is 3. The maximum absolute atomic E-state index is 11.6. The molecule has 0 saturated heterocycles. The molecule has 0 aliphatic carbocycles. The Kier molecular flexibility index (Phi) is 6.56. The lowest BCUT2D eigenvalue weighted by Crippen LogP contribution is -2.37. The Morgan fingerprint density at radius 3 is 2.80 bits per heavy atom. The van der Waals surface area contributed by atoms with Crippen LogP contribution in [0.4, 0.5) is 0 Å². The van der Waals surface area contributed by atoms with E-state index in [0.717, 1.165) is 4.47 Å². The highest BCUT2D eigenvalue weighted by Gasteiger charge is 2.07. The molecular formula is C10H14BrClN2O. The van der Waals surface area contributed by atoms with Gasteiger partial charge in [-0.15, -0.1) is 12.4 Å². The fraction of sp³-hybridized carbons (Fsp3) is 0.300. The maximum Gasteiger partial charge on any atom is 0.251 e. The van der Waals surface area contributed by atoms with Crippen LogP contribution in [0.15, 0.2) is 28.7 Å². The third kappa shape index (κ3) is 4.64. The molecule has 0 radical (unpaired) electrons. The average Bonchev–Trinajstić information content (AvgIpc) is 2.17. The first kappa shape index (κ1) is 14.4. The second-order valence-electron chi connectivity index (χ2n) is 3.12. The first-order valence-corrected chi connectivity index (χ1v) is 5.19. The highest BCUT2D eigenvalue weighted by molar-refractivity contribution is 9.10. The number of carbonyl (C=O) groups excluding carboxylic acids is 1. The molecule has 0 bridgehead atoms. The van der Waals surface area contributed by atoms with Gasteiger partial charge in [0.05, 0.1) is 0 Å². The standard InChI is InChI=1S/C10H13BrN2O.ClH/c1-7(6-12)13-10(14)8-3-2-4-9(11)5-8;/h2-5,7H,6,12H2,1H3,(H,13,14);1H/t7-;/m1./s1. The number of nitrogens with two attached hydrogens (primary N) is 1. The lowest BCUT2D eigenvalue weighted by Gasteiger charge is -2.11. The van der Waals surface area contributed by atoms with Crippen molar-refractivity contribution in [3.05, 3.63) is 34.3 Å². The zero-order valence-corrected chi connectivity index (χ0v) is 10.8. The Morgan fingerprint density at radius 2 is 2.27 bits per heavy atom. The number of amides is 1. The van der Waals surface area contributed by atoms with Crippen LogP contribution in [0.1, 0.15) is 17.3 Å².